The van der Waals surface area contributed by atoms with Gasteiger partial charge < -0.3 is 15.4 Å². The predicted molar refractivity (Wildman–Crippen MR) is 68.1 cm³/mol. The fourth-order valence-corrected chi connectivity index (χ4v) is 2.88. The third-order valence-corrected chi connectivity index (χ3v) is 3.88. The van der Waals surface area contributed by atoms with Crippen LogP contribution >= 0.6 is 22.9 Å². The van der Waals surface area contributed by atoms with Gasteiger partial charge in [0.15, 0.2) is 0 Å². The van der Waals surface area contributed by atoms with Gasteiger partial charge in [-0.25, -0.2) is 4.79 Å². The van der Waals surface area contributed by atoms with E-state index in [1.54, 1.807) is 4.57 Å². The minimum absolute atomic E-state index is 0.266. The fraction of sp³-hybridized carbons (Fsp3) is 0.200. The summed E-state index contributed by atoms with van der Waals surface area (Å²) in [4.78, 5) is 22.9. The van der Waals surface area contributed by atoms with E-state index in [0.717, 1.165) is 11.3 Å². The summed E-state index contributed by atoms with van der Waals surface area (Å²) in [6.07, 6.45) is 1.30. The van der Waals surface area contributed by atoms with Crippen molar-refractivity contribution >= 4 is 44.8 Å². The lowest BCUT2D eigenvalue weighted by atomic mass is 10.2. The molecule has 3 N–H and O–H groups in total. The molecule has 0 aliphatic rings. The molecule has 0 fully saturated rings. The molecule has 2 aromatic rings. The number of carboxylic acids is 1. The molecule has 2 heterocycles. The molecule has 0 saturated carbocycles. The number of fused-ring (bicyclic) bond motifs is 1. The first-order chi connectivity index (χ1) is 7.97. The Kier molecular flexibility index (Phi) is 2.84. The zero-order valence-corrected chi connectivity index (χ0v) is 10.4. The second-order valence-electron chi connectivity index (χ2n) is 3.43. The first kappa shape index (κ1) is 11.9. The summed E-state index contributed by atoms with van der Waals surface area (Å²) in [5.41, 5.74) is 5.81. The molecule has 0 unspecified atom stereocenters. The van der Waals surface area contributed by atoms with Gasteiger partial charge in [-0.1, -0.05) is 11.6 Å². The number of hydrogen-bond donors (Lipinski definition) is 2. The van der Waals surface area contributed by atoms with Gasteiger partial charge in [-0.05, 0) is 6.92 Å². The Morgan fingerprint density at radius 1 is 1.65 bits per heavy atom. The summed E-state index contributed by atoms with van der Waals surface area (Å²) in [7, 11) is 0. The van der Waals surface area contributed by atoms with Crippen molar-refractivity contribution in [3.05, 3.63) is 26.3 Å². The lowest BCUT2D eigenvalue weighted by Gasteiger charge is -2.07. The second-order valence-corrected chi connectivity index (χ2v) is 5.05. The summed E-state index contributed by atoms with van der Waals surface area (Å²) in [6.45, 7) is 2.34. The quantitative estimate of drug-likeness (QED) is 0.876. The van der Waals surface area contributed by atoms with E-state index in [1.165, 1.54) is 6.20 Å². The number of carbonyl (C=O) groups is 1. The maximum atomic E-state index is 11.9. The van der Waals surface area contributed by atoms with Crippen molar-refractivity contribution in [2.75, 3.05) is 5.73 Å². The first-order valence-corrected chi connectivity index (χ1v) is 6.01. The van der Waals surface area contributed by atoms with Crippen LogP contribution in [0.25, 0.3) is 10.2 Å². The number of pyridine rings is 1. The zero-order valence-electron chi connectivity index (χ0n) is 8.86. The highest BCUT2D eigenvalue weighted by Gasteiger charge is 2.19. The molecule has 0 radical (unpaired) electrons. The van der Waals surface area contributed by atoms with Crippen molar-refractivity contribution in [3.8, 4) is 0 Å². The van der Waals surface area contributed by atoms with Crippen LogP contribution in [0.2, 0.25) is 4.34 Å². The third kappa shape index (κ3) is 1.69. The molecule has 17 heavy (non-hydrogen) atoms. The van der Waals surface area contributed by atoms with E-state index in [2.05, 4.69) is 0 Å². The average Bonchev–Trinajstić information content (AvgIpc) is 2.57. The molecule has 0 bridgehead atoms. The number of rotatable bonds is 2. The van der Waals surface area contributed by atoms with Crippen molar-refractivity contribution in [1.29, 1.82) is 0 Å². The van der Waals surface area contributed by atoms with E-state index in [-0.39, 0.29) is 10.3 Å². The Morgan fingerprint density at radius 2 is 2.29 bits per heavy atom. The largest absolute Gasteiger partial charge is 0.477 e. The Hall–Kier alpha value is -1.53. The van der Waals surface area contributed by atoms with Crippen LogP contribution in [0.15, 0.2) is 11.0 Å². The Bertz CT molecular complexity index is 674. The molecule has 0 saturated heterocycles. The third-order valence-electron chi connectivity index (χ3n) is 2.47. The number of aromatic nitrogens is 1. The Balaban J connectivity index is 3.00. The van der Waals surface area contributed by atoms with Crippen LogP contribution in [0.4, 0.5) is 5.69 Å². The molecule has 5 nitrogen and oxygen atoms in total. The van der Waals surface area contributed by atoms with Crippen molar-refractivity contribution in [3.63, 3.8) is 0 Å². The molecule has 0 aliphatic heterocycles. The van der Waals surface area contributed by atoms with Crippen molar-refractivity contribution in [1.82, 2.24) is 4.57 Å². The van der Waals surface area contributed by atoms with Crippen LogP contribution in [0.1, 0.15) is 17.3 Å². The topological polar surface area (TPSA) is 85.3 Å². The molecular formula is C10H9ClN2O3S. The Labute approximate surface area is 105 Å². The number of nitrogen functional groups attached to an aromatic ring is 1. The lowest BCUT2D eigenvalue weighted by Crippen LogP contribution is -2.17. The van der Waals surface area contributed by atoms with Gasteiger partial charge >= 0.3 is 5.97 Å². The average molecular weight is 273 g/mol. The highest BCUT2D eigenvalue weighted by atomic mass is 35.5. The lowest BCUT2D eigenvalue weighted by molar-refractivity contribution is 0.0695. The molecule has 0 aromatic carbocycles. The van der Waals surface area contributed by atoms with E-state index in [1.807, 2.05) is 6.92 Å². The second kappa shape index (κ2) is 4.05. The highest BCUT2D eigenvalue weighted by Crippen LogP contribution is 2.35. The molecule has 0 amide bonds. The van der Waals surface area contributed by atoms with Gasteiger partial charge in [-0.2, -0.15) is 0 Å². The number of nitrogens with zero attached hydrogens (tertiary/aromatic N) is 1. The van der Waals surface area contributed by atoms with Gasteiger partial charge in [0.05, 0.1) is 11.2 Å². The monoisotopic (exact) mass is 272 g/mol. The van der Waals surface area contributed by atoms with Crippen LogP contribution in [-0.4, -0.2) is 15.6 Å². The molecule has 2 rings (SSSR count). The highest BCUT2D eigenvalue weighted by molar-refractivity contribution is 7.23. The standard InChI is InChI=1S/C10H9ClN2O3S/c1-2-13-3-4(10(15)16)7(14)8-6(13)5(12)9(11)17-8/h3H,2,12H2,1H3,(H,15,16). The number of halogens is 1. The van der Waals surface area contributed by atoms with Gasteiger partial charge in [-0.3, -0.25) is 4.79 Å². The summed E-state index contributed by atoms with van der Waals surface area (Å²) in [6, 6.07) is 0. The van der Waals surface area contributed by atoms with Gasteiger partial charge in [0, 0.05) is 12.7 Å². The van der Waals surface area contributed by atoms with Crippen LogP contribution < -0.4 is 11.2 Å². The van der Waals surface area contributed by atoms with E-state index in [4.69, 9.17) is 22.4 Å². The van der Waals surface area contributed by atoms with Gasteiger partial charge in [-0.15, -0.1) is 11.3 Å². The van der Waals surface area contributed by atoms with Crippen LogP contribution in [0.5, 0.6) is 0 Å². The summed E-state index contributed by atoms with van der Waals surface area (Å²) in [5.74, 6) is -1.25. The minimum Gasteiger partial charge on any atom is -0.477 e. The van der Waals surface area contributed by atoms with Crippen molar-refractivity contribution in [2.45, 2.75) is 13.5 Å². The smallest absolute Gasteiger partial charge is 0.341 e. The van der Waals surface area contributed by atoms with Crippen molar-refractivity contribution < 1.29 is 9.90 Å². The number of thiophene rings is 1. The van der Waals surface area contributed by atoms with Crippen LogP contribution in [0.3, 0.4) is 0 Å². The number of anilines is 1. The Morgan fingerprint density at radius 3 is 2.82 bits per heavy atom. The molecule has 0 spiro atoms. The number of aromatic carboxylic acids is 1. The van der Waals surface area contributed by atoms with E-state index in [9.17, 15) is 9.59 Å². The number of hydrogen-bond acceptors (Lipinski definition) is 4. The van der Waals surface area contributed by atoms with Crippen LogP contribution in [-0.2, 0) is 6.54 Å². The number of nitrogens with two attached hydrogens (primary N) is 1. The van der Waals surface area contributed by atoms with Crippen molar-refractivity contribution in [2.24, 2.45) is 0 Å². The molecule has 0 atom stereocenters. The number of aryl methyl sites for hydroxylation is 1. The minimum atomic E-state index is -1.25. The number of carboxylic acid groups (broad SMARTS) is 1. The first-order valence-electron chi connectivity index (χ1n) is 4.81. The summed E-state index contributed by atoms with van der Waals surface area (Å²) < 4.78 is 2.22. The van der Waals surface area contributed by atoms with E-state index < -0.39 is 11.4 Å². The van der Waals surface area contributed by atoms with Gasteiger partial charge in [0.25, 0.3) is 0 Å². The molecule has 7 heteroatoms. The van der Waals surface area contributed by atoms with Gasteiger partial charge in [0.2, 0.25) is 5.43 Å². The fourth-order valence-electron chi connectivity index (χ4n) is 1.65. The van der Waals surface area contributed by atoms with E-state index in [0.29, 0.717) is 22.1 Å². The van der Waals surface area contributed by atoms with Crippen LogP contribution in [0, 0.1) is 0 Å². The summed E-state index contributed by atoms with van der Waals surface area (Å²) >= 11 is 6.89. The molecular weight excluding hydrogens is 264 g/mol. The SMILES string of the molecule is CCn1cc(C(=O)O)c(=O)c2sc(Cl)c(N)c21. The maximum absolute atomic E-state index is 11.9. The molecule has 90 valence electrons. The summed E-state index contributed by atoms with van der Waals surface area (Å²) in [5, 5.41) is 8.95. The zero-order chi connectivity index (χ0) is 12.7. The molecule has 2 aromatic heterocycles. The normalized spacial score (nSPS) is 10.9. The van der Waals surface area contributed by atoms with E-state index >= 15 is 0 Å². The predicted octanol–water partition coefficient (Wildman–Crippen LogP) is 2.02. The maximum Gasteiger partial charge on any atom is 0.341 e. The molecule has 0 aliphatic carbocycles. The van der Waals surface area contributed by atoms with Gasteiger partial charge in [0.1, 0.15) is 14.6 Å².